The minimum atomic E-state index is -5.01. The lowest BCUT2D eigenvalue weighted by Crippen LogP contribution is -2.40. The first-order valence-electron chi connectivity index (χ1n) is 10.6. The van der Waals surface area contributed by atoms with Crippen LogP contribution < -0.4 is 15.5 Å². The Morgan fingerprint density at radius 2 is 1.40 bits per heavy atom. The second-order valence-electron chi connectivity index (χ2n) is 8.51. The maximum atomic E-state index is 13.1. The number of rotatable bonds is 5. The molecule has 0 aliphatic heterocycles. The number of carbonyl (C=O) groups is 1. The van der Waals surface area contributed by atoms with Gasteiger partial charge in [0.05, 0.1) is 11.1 Å². The molecule has 0 bridgehead atoms. The van der Waals surface area contributed by atoms with Gasteiger partial charge in [-0.3, -0.25) is 4.79 Å². The molecule has 1 saturated carbocycles. The number of nitrogens with one attached hydrogen (secondary N) is 2. The van der Waals surface area contributed by atoms with E-state index in [0.717, 1.165) is 5.82 Å². The Morgan fingerprint density at radius 1 is 0.886 bits per heavy atom. The summed E-state index contributed by atoms with van der Waals surface area (Å²) in [6, 6.07) is 2.40. The molecule has 1 heterocycles. The fraction of sp³-hybridized carbons (Fsp3) is 0.500. The van der Waals surface area contributed by atoms with E-state index in [1.54, 1.807) is 6.92 Å². The van der Waals surface area contributed by atoms with Crippen molar-refractivity contribution in [2.75, 3.05) is 24.3 Å². The zero-order chi connectivity index (χ0) is 25.3. The summed E-state index contributed by atoms with van der Waals surface area (Å²) in [5, 5.41) is 5.91. The van der Waals surface area contributed by atoms with Crippen molar-refractivity contribution in [2.24, 2.45) is 0 Å². The van der Waals surface area contributed by atoms with E-state index in [9.17, 15) is 31.1 Å². The van der Waals surface area contributed by atoms with Crippen molar-refractivity contribution in [1.82, 2.24) is 15.3 Å². The van der Waals surface area contributed by atoms with Crippen molar-refractivity contribution in [3.8, 4) is 0 Å². The summed E-state index contributed by atoms with van der Waals surface area (Å²) in [6.45, 7) is 1.78. The highest BCUT2D eigenvalue weighted by Crippen LogP contribution is 2.36. The molecule has 1 amide bonds. The third kappa shape index (κ3) is 7.61. The molecule has 1 aromatic heterocycles. The average molecular weight is 526 g/mol. The summed E-state index contributed by atoms with van der Waals surface area (Å²) in [5.41, 5.74) is -3.70. The summed E-state index contributed by atoms with van der Waals surface area (Å²) < 4.78 is 78.3. The molecule has 2 aromatic rings. The minimum Gasteiger partial charge on any atom is -0.367 e. The van der Waals surface area contributed by atoms with Crippen LogP contribution in [-0.4, -0.2) is 42.1 Å². The van der Waals surface area contributed by atoms with Gasteiger partial charge in [0.2, 0.25) is 0 Å². The van der Waals surface area contributed by atoms with Crippen LogP contribution in [0.1, 0.15) is 53.0 Å². The van der Waals surface area contributed by atoms with Crippen LogP contribution >= 0.6 is 12.4 Å². The molecule has 1 fully saturated rings. The Morgan fingerprint density at radius 3 is 1.89 bits per heavy atom. The summed E-state index contributed by atoms with van der Waals surface area (Å²) in [7, 11) is 3.73. The highest BCUT2D eigenvalue weighted by Gasteiger charge is 2.37. The first-order chi connectivity index (χ1) is 15.7. The van der Waals surface area contributed by atoms with Gasteiger partial charge in [-0.1, -0.05) is 0 Å². The molecule has 13 heteroatoms. The lowest BCUT2D eigenvalue weighted by Gasteiger charge is -2.30. The number of alkyl halides is 6. The second-order valence-corrected chi connectivity index (χ2v) is 8.51. The number of carbonyl (C=O) groups excluding carboxylic acids is 1. The normalized spacial score (nSPS) is 18.4. The molecular weight excluding hydrogens is 500 g/mol. The Kier molecular flexibility index (Phi) is 8.85. The van der Waals surface area contributed by atoms with Gasteiger partial charge in [-0.05, 0) is 50.8 Å². The van der Waals surface area contributed by atoms with E-state index in [4.69, 9.17) is 0 Å². The lowest BCUT2D eigenvalue weighted by molar-refractivity contribution is -0.143. The van der Waals surface area contributed by atoms with Crippen LogP contribution in [0.15, 0.2) is 24.3 Å². The molecule has 0 unspecified atom stereocenters. The van der Waals surface area contributed by atoms with E-state index in [0.29, 0.717) is 49.5 Å². The van der Waals surface area contributed by atoms with E-state index in [1.807, 2.05) is 25.1 Å². The first-order valence-corrected chi connectivity index (χ1v) is 10.6. The Labute approximate surface area is 204 Å². The smallest absolute Gasteiger partial charge is 0.367 e. The van der Waals surface area contributed by atoms with Gasteiger partial charge in [0.25, 0.3) is 5.91 Å². The molecule has 0 radical (unpaired) electrons. The Bertz CT molecular complexity index is 1000. The van der Waals surface area contributed by atoms with E-state index in [1.165, 1.54) is 0 Å². The molecule has 0 spiro atoms. The first kappa shape index (κ1) is 28.5. The van der Waals surface area contributed by atoms with Crippen LogP contribution in [0.5, 0.6) is 0 Å². The number of benzene rings is 1. The number of nitrogens with zero attached hydrogens (tertiary/aromatic N) is 3. The molecule has 194 valence electrons. The molecule has 35 heavy (non-hydrogen) atoms. The molecule has 1 aliphatic carbocycles. The van der Waals surface area contributed by atoms with Crippen LogP contribution in [-0.2, 0) is 12.4 Å². The van der Waals surface area contributed by atoms with Crippen LogP contribution in [0.2, 0.25) is 0 Å². The summed E-state index contributed by atoms with van der Waals surface area (Å²) >= 11 is 0. The van der Waals surface area contributed by atoms with Gasteiger partial charge in [0, 0.05) is 37.8 Å². The van der Waals surface area contributed by atoms with E-state index >= 15 is 0 Å². The zero-order valence-corrected chi connectivity index (χ0v) is 20.0. The fourth-order valence-electron chi connectivity index (χ4n) is 3.80. The molecule has 0 saturated heterocycles. The summed E-state index contributed by atoms with van der Waals surface area (Å²) in [5.74, 6) is 1.05. The number of anilines is 2. The summed E-state index contributed by atoms with van der Waals surface area (Å²) in [4.78, 5) is 23.1. The second kappa shape index (κ2) is 10.9. The highest BCUT2D eigenvalue weighted by atomic mass is 35.5. The number of hydrogen-bond donors (Lipinski definition) is 2. The third-order valence-corrected chi connectivity index (χ3v) is 5.55. The van der Waals surface area contributed by atoms with Gasteiger partial charge < -0.3 is 15.5 Å². The van der Waals surface area contributed by atoms with Crippen LogP contribution in [0.25, 0.3) is 0 Å². The van der Waals surface area contributed by atoms with Crippen molar-refractivity contribution in [1.29, 1.82) is 0 Å². The van der Waals surface area contributed by atoms with Gasteiger partial charge in [0.1, 0.15) is 17.5 Å². The van der Waals surface area contributed by atoms with Crippen molar-refractivity contribution in [2.45, 2.75) is 57.0 Å². The number of halogens is 7. The number of amides is 1. The maximum Gasteiger partial charge on any atom is 0.416 e. The molecule has 1 aliphatic rings. The third-order valence-electron chi connectivity index (χ3n) is 5.55. The largest absolute Gasteiger partial charge is 0.416 e. The molecule has 1 aromatic carbocycles. The van der Waals surface area contributed by atoms with E-state index in [2.05, 4.69) is 20.6 Å². The van der Waals surface area contributed by atoms with Crippen LogP contribution in [0.3, 0.4) is 0 Å². The topological polar surface area (TPSA) is 70.2 Å². The SMILES string of the molecule is Cc1nc(NC2CCC(NC(=O)c3cc(C(F)(F)F)cc(C(F)(F)F)c3)CC2)cc(N(C)C)n1.Cl. The molecule has 3 rings (SSSR count). The molecular formula is C22H26ClF6N5O. The number of aryl methyl sites for hydroxylation is 1. The van der Waals surface area contributed by atoms with Gasteiger partial charge in [-0.15, -0.1) is 12.4 Å². The van der Waals surface area contributed by atoms with Gasteiger partial charge in [0.15, 0.2) is 0 Å². The van der Waals surface area contributed by atoms with Crippen molar-refractivity contribution in [3.63, 3.8) is 0 Å². The van der Waals surface area contributed by atoms with Crippen LogP contribution in [0.4, 0.5) is 38.0 Å². The fourth-order valence-corrected chi connectivity index (χ4v) is 3.80. The highest BCUT2D eigenvalue weighted by molar-refractivity contribution is 5.94. The van der Waals surface area contributed by atoms with Gasteiger partial charge in [-0.25, -0.2) is 9.97 Å². The Balaban J connectivity index is 0.00000432. The zero-order valence-electron chi connectivity index (χ0n) is 19.2. The monoisotopic (exact) mass is 525 g/mol. The van der Waals surface area contributed by atoms with Crippen LogP contribution in [0, 0.1) is 6.92 Å². The number of hydrogen-bond acceptors (Lipinski definition) is 5. The minimum absolute atomic E-state index is 0. The molecule has 0 atom stereocenters. The Hall–Kier alpha value is -2.76. The van der Waals surface area contributed by atoms with E-state index in [-0.39, 0.29) is 30.6 Å². The van der Waals surface area contributed by atoms with Crippen molar-refractivity contribution >= 4 is 29.9 Å². The summed E-state index contributed by atoms with van der Waals surface area (Å²) in [6.07, 6.45) is -7.71. The maximum absolute atomic E-state index is 13.1. The van der Waals surface area contributed by atoms with Crippen molar-refractivity contribution in [3.05, 3.63) is 46.8 Å². The molecule has 2 N–H and O–H groups in total. The predicted octanol–water partition coefficient (Wildman–Crippen LogP) is 5.46. The predicted molar refractivity (Wildman–Crippen MR) is 122 cm³/mol. The lowest BCUT2D eigenvalue weighted by atomic mass is 9.91. The molecule has 6 nitrogen and oxygen atoms in total. The standard InChI is InChI=1S/C22H25F6N5O.ClH/c1-12-29-18(11-19(30-12)33(2)3)31-16-4-6-17(7-5-16)32-20(34)13-8-14(21(23,24)25)10-15(9-13)22(26,27)28;/h8-11,16-17H,4-7H2,1-3H3,(H,32,34)(H,29,30,31);1H. The quantitative estimate of drug-likeness (QED) is 0.507. The van der Waals surface area contributed by atoms with Crippen molar-refractivity contribution < 1.29 is 31.1 Å². The average Bonchev–Trinajstić information content (AvgIpc) is 2.73. The van der Waals surface area contributed by atoms with Gasteiger partial charge in [-0.2, -0.15) is 26.3 Å². The van der Waals surface area contributed by atoms with E-state index < -0.39 is 35.0 Å². The van der Waals surface area contributed by atoms with Gasteiger partial charge >= 0.3 is 12.4 Å². The number of aromatic nitrogens is 2.